The van der Waals surface area contributed by atoms with E-state index in [2.05, 4.69) is 4.90 Å². The zero-order valence-electron chi connectivity index (χ0n) is 14.0. The summed E-state index contributed by atoms with van der Waals surface area (Å²) in [7, 11) is 1.70. The number of ether oxygens (including phenoxy) is 1. The molecule has 1 fully saturated rings. The molecule has 0 bridgehead atoms. The quantitative estimate of drug-likeness (QED) is 0.887. The summed E-state index contributed by atoms with van der Waals surface area (Å²) in [5, 5.41) is 9.06. The molecule has 0 aromatic heterocycles. The van der Waals surface area contributed by atoms with Gasteiger partial charge in [-0.15, -0.1) is 0 Å². The van der Waals surface area contributed by atoms with Crippen molar-refractivity contribution in [3.8, 4) is 0 Å². The number of methoxy groups -OCH3 is 1. The lowest BCUT2D eigenvalue weighted by Gasteiger charge is -2.30. The predicted octanol–water partition coefficient (Wildman–Crippen LogP) is 1.59. The van der Waals surface area contributed by atoms with Gasteiger partial charge >= 0.3 is 5.97 Å². The Morgan fingerprint density at radius 3 is 2.58 bits per heavy atom. The number of hydrogen-bond donors (Lipinski definition) is 1. The second-order valence-corrected chi connectivity index (χ2v) is 6.59. The molecule has 0 unspecified atom stereocenters. The molecule has 1 saturated heterocycles. The number of rotatable bonds is 5. The first-order chi connectivity index (χ1) is 11.6. The van der Waals surface area contributed by atoms with Crippen molar-refractivity contribution in [1.82, 2.24) is 9.80 Å². The first kappa shape index (κ1) is 16.9. The van der Waals surface area contributed by atoms with Crippen LogP contribution >= 0.6 is 0 Å². The molecule has 24 heavy (non-hydrogen) atoms. The van der Waals surface area contributed by atoms with E-state index in [1.807, 2.05) is 18.2 Å². The second-order valence-electron chi connectivity index (χ2n) is 6.59. The number of benzene rings is 1. The van der Waals surface area contributed by atoms with Crippen LogP contribution in [0.2, 0.25) is 0 Å². The van der Waals surface area contributed by atoms with Crippen LogP contribution in [0.1, 0.15) is 34.3 Å². The van der Waals surface area contributed by atoms with Crippen LogP contribution in [0, 0.1) is 5.92 Å². The average Bonchev–Trinajstić information content (AvgIpc) is 3.01. The van der Waals surface area contributed by atoms with Crippen LogP contribution in [0.15, 0.2) is 18.2 Å². The molecule has 2 heterocycles. The Morgan fingerprint density at radius 1 is 1.21 bits per heavy atom. The molecular weight excluding hydrogens is 308 g/mol. The summed E-state index contributed by atoms with van der Waals surface area (Å²) in [6.07, 6.45) is 1.08. The van der Waals surface area contributed by atoms with Crippen molar-refractivity contribution in [1.29, 1.82) is 0 Å². The zero-order valence-corrected chi connectivity index (χ0v) is 14.0. The molecule has 130 valence electrons. The van der Waals surface area contributed by atoms with Gasteiger partial charge < -0.3 is 14.7 Å². The highest BCUT2D eigenvalue weighted by Crippen LogP contribution is 2.25. The minimum absolute atomic E-state index is 0.0111. The summed E-state index contributed by atoms with van der Waals surface area (Å²) < 4.78 is 5.13. The third kappa shape index (κ3) is 3.60. The van der Waals surface area contributed by atoms with E-state index in [-0.39, 0.29) is 11.8 Å². The highest BCUT2D eigenvalue weighted by Gasteiger charge is 2.28. The van der Waals surface area contributed by atoms with Crippen LogP contribution < -0.4 is 0 Å². The number of amides is 1. The van der Waals surface area contributed by atoms with Crippen molar-refractivity contribution in [3.63, 3.8) is 0 Å². The largest absolute Gasteiger partial charge is 0.481 e. The SMILES string of the molecule is COCCN1Cc2ccc(C(=O)N3CCC(C(=O)O)CC3)cc2C1. The highest BCUT2D eigenvalue weighted by molar-refractivity contribution is 5.94. The van der Waals surface area contributed by atoms with E-state index in [4.69, 9.17) is 9.84 Å². The summed E-state index contributed by atoms with van der Waals surface area (Å²) in [5.74, 6) is -1.06. The van der Waals surface area contributed by atoms with Gasteiger partial charge in [0.1, 0.15) is 0 Å². The fourth-order valence-corrected chi connectivity index (χ4v) is 3.49. The molecular formula is C18H24N2O4. The van der Waals surface area contributed by atoms with Crippen LogP contribution in [0.4, 0.5) is 0 Å². The number of fused-ring (bicyclic) bond motifs is 1. The summed E-state index contributed by atoms with van der Waals surface area (Å²) in [4.78, 5) is 27.8. The molecule has 1 amide bonds. The molecule has 0 aliphatic carbocycles. The minimum Gasteiger partial charge on any atom is -0.481 e. The Bertz CT molecular complexity index is 623. The molecule has 1 N–H and O–H groups in total. The van der Waals surface area contributed by atoms with Crippen LogP contribution in [0.5, 0.6) is 0 Å². The third-order valence-electron chi connectivity index (χ3n) is 4.98. The van der Waals surface area contributed by atoms with Crippen LogP contribution in [0.3, 0.4) is 0 Å². The number of hydrogen-bond acceptors (Lipinski definition) is 4. The standard InChI is InChI=1S/C18H24N2O4/c1-24-9-8-19-11-15-3-2-14(10-16(15)12-19)17(21)20-6-4-13(5-7-20)18(22)23/h2-3,10,13H,4-9,11-12H2,1H3,(H,22,23). The summed E-state index contributed by atoms with van der Waals surface area (Å²) in [5.41, 5.74) is 3.18. The lowest BCUT2D eigenvalue weighted by atomic mass is 9.96. The van der Waals surface area contributed by atoms with Crippen molar-refractivity contribution in [3.05, 3.63) is 34.9 Å². The van der Waals surface area contributed by atoms with Gasteiger partial charge in [-0.1, -0.05) is 6.07 Å². The van der Waals surface area contributed by atoms with Gasteiger partial charge in [0.15, 0.2) is 0 Å². The Balaban J connectivity index is 1.63. The highest BCUT2D eigenvalue weighted by atomic mass is 16.5. The van der Waals surface area contributed by atoms with Crippen molar-refractivity contribution in [2.45, 2.75) is 25.9 Å². The maximum Gasteiger partial charge on any atom is 0.306 e. The molecule has 0 spiro atoms. The molecule has 1 aromatic carbocycles. The number of carbonyl (C=O) groups is 2. The van der Waals surface area contributed by atoms with Gasteiger partial charge in [-0.25, -0.2) is 0 Å². The van der Waals surface area contributed by atoms with Gasteiger partial charge in [-0.3, -0.25) is 14.5 Å². The number of piperidine rings is 1. The van der Waals surface area contributed by atoms with E-state index < -0.39 is 5.97 Å². The van der Waals surface area contributed by atoms with Crippen LogP contribution in [-0.2, 0) is 22.6 Å². The number of carboxylic acid groups (broad SMARTS) is 1. The van der Waals surface area contributed by atoms with E-state index in [1.54, 1.807) is 12.0 Å². The number of likely N-dealkylation sites (tertiary alicyclic amines) is 1. The first-order valence-electron chi connectivity index (χ1n) is 8.43. The Hall–Kier alpha value is -1.92. The van der Waals surface area contributed by atoms with Gasteiger partial charge in [-0.05, 0) is 36.1 Å². The predicted molar refractivity (Wildman–Crippen MR) is 88.7 cm³/mol. The van der Waals surface area contributed by atoms with Gasteiger partial charge in [0.05, 0.1) is 12.5 Å². The van der Waals surface area contributed by atoms with Crippen LogP contribution in [0.25, 0.3) is 0 Å². The molecule has 2 aliphatic rings. The van der Waals surface area contributed by atoms with Crippen molar-refractivity contribution in [2.24, 2.45) is 5.92 Å². The van der Waals surface area contributed by atoms with E-state index >= 15 is 0 Å². The van der Waals surface area contributed by atoms with Gasteiger partial charge in [0, 0.05) is 45.4 Å². The summed E-state index contributed by atoms with van der Waals surface area (Å²) in [6, 6.07) is 5.93. The molecule has 6 heteroatoms. The molecule has 2 aliphatic heterocycles. The Morgan fingerprint density at radius 2 is 1.92 bits per heavy atom. The molecule has 0 saturated carbocycles. The molecule has 0 atom stereocenters. The first-order valence-corrected chi connectivity index (χ1v) is 8.43. The zero-order chi connectivity index (χ0) is 17.1. The van der Waals surface area contributed by atoms with Crippen molar-refractivity contribution in [2.75, 3.05) is 33.4 Å². The smallest absolute Gasteiger partial charge is 0.306 e. The number of aliphatic carboxylic acids is 1. The van der Waals surface area contributed by atoms with Gasteiger partial charge in [-0.2, -0.15) is 0 Å². The van der Waals surface area contributed by atoms with Gasteiger partial charge in [0.2, 0.25) is 0 Å². The summed E-state index contributed by atoms with van der Waals surface area (Å²) in [6.45, 7) is 4.38. The molecule has 3 rings (SSSR count). The number of carboxylic acids is 1. The van der Waals surface area contributed by atoms with E-state index in [9.17, 15) is 9.59 Å². The van der Waals surface area contributed by atoms with E-state index in [1.165, 1.54) is 11.1 Å². The number of carbonyl (C=O) groups excluding carboxylic acids is 1. The fraction of sp³-hybridized carbons (Fsp3) is 0.556. The normalized spacial score (nSPS) is 18.6. The minimum atomic E-state index is -0.754. The van der Waals surface area contributed by atoms with Crippen molar-refractivity contribution < 1.29 is 19.4 Å². The lowest BCUT2D eigenvalue weighted by molar-refractivity contribution is -0.143. The lowest BCUT2D eigenvalue weighted by Crippen LogP contribution is -2.40. The Labute approximate surface area is 142 Å². The number of nitrogens with zero attached hydrogens (tertiary/aromatic N) is 2. The Kier molecular flexibility index (Phi) is 5.16. The average molecular weight is 332 g/mol. The van der Waals surface area contributed by atoms with E-state index in [0.717, 1.165) is 19.6 Å². The third-order valence-corrected chi connectivity index (χ3v) is 4.98. The molecule has 6 nitrogen and oxygen atoms in total. The molecule has 0 radical (unpaired) electrons. The second kappa shape index (κ2) is 7.32. The van der Waals surface area contributed by atoms with Crippen molar-refractivity contribution >= 4 is 11.9 Å². The monoisotopic (exact) mass is 332 g/mol. The summed E-state index contributed by atoms with van der Waals surface area (Å²) >= 11 is 0. The maximum absolute atomic E-state index is 12.7. The van der Waals surface area contributed by atoms with Gasteiger partial charge in [0.25, 0.3) is 5.91 Å². The molecule has 1 aromatic rings. The maximum atomic E-state index is 12.7. The fourth-order valence-electron chi connectivity index (χ4n) is 3.49. The van der Waals surface area contributed by atoms with Crippen LogP contribution in [-0.4, -0.2) is 60.1 Å². The topological polar surface area (TPSA) is 70.1 Å². The van der Waals surface area contributed by atoms with E-state index in [0.29, 0.717) is 38.1 Å².